The van der Waals surface area contributed by atoms with Crippen LogP contribution in [-0.2, 0) is 16.0 Å². The third kappa shape index (κ3) is 4.65. The summed E-state index contributed by atoms with van der Waals surface area (Å²) in [7, 11) is 1.36. The molecular formula is C31H27F2NO6. The molecular weight excluding hydrogens is 520 g/mol. The van der Waals surface area contributed by atoms with E-state index in [2.05, 4.69) is 5.16 Å². The van der Waals surface area contributed by atoms with E-state index in [-0.39, 0.29) is 24.1 Å². The molecule has 0 fully saturated rings. The van der Waals surface area contributed by atoms with Crippen LogP contribution in [0.4, 0.5) is 8.78 Å². The second-order valence-electron chi connectivity index (χ2n) is 10.0. The number of rotatable bonds is 7. The number of halogens is 2. The van der Waals surface area contributed by atoms with Crippen LogP contribution in [0, 0.1) is 25.5 Å². The molecule has 1 unspecified atom stereocenters. The molecule has 2 atom stereocenters. The van der Waals surface area contributed by atoms with Crippen molar-refractivity contribution >= 4 is 5.97 Å². The first-order valence-electron chi connectivity index (χ1n) is 13.0. The lowest BCUT2D eigenvalue weighted by Crippen LogP contribution is -2.09. The maximum atomic E-state index is 15.1. The van der Waals surface area contributed by atoms with Gasteiger partial charge in [0, 0.05) is 34.2 Å². The van der Waals surface area contributed by atoms with Crippen molar-refractivity contribution in [3.05, 3.63) is 88.3 Å². The number of carbonyl (C=O) groups is 1. The van der Waals surface area contributed by atoms with Crippen LogP contribution in [0.5, 0.6) is 23.0 Å². The fourth-order valence-corrected chi connectivity index (χ4v) is 5.56. The minimum Gasteiger partial charge on any atom is -0.492 e. The molecule has 0 amide bonds. The van der Waals surface area contributed by atoms with Crippen LogP contribution in [0.3, 0.4) is 0 Å². The lowest BCUT2D eigenvalue weighted by molar-refractivity contribution is -0.141. The molecule has 6 rings (SSSR count). The van der Waals surface area contributed by atoms with Gasteiger partial charge in [-0.05, 0) is 62.6 Å². The van der Waals surface area contributed by atoms with Crippen molar-refractivity contribution < 1.29 is 37.0 Å². The van der Waals surface area contributed by atoms with Crippen LogP contribution in [0.25, 0.3) is 11.1 Å². The smallest absolute Gasteiger partial charge is 0.306 e. The van der Waals surface area contributed by atoms with Crippen LogP contribution in [0.15, 0.2) is 53.1 Å². The largest absolute Gasteiger partial charge is 0.492 e. The number of aryl methyl sites for hydroxylation is 2. The van der Waals surface area contributed by atoms with Gasteiger partial charge >= 0.3 is 5.97 Å². The average molecular weight is 548 g/mol. The zero-order chi connectivity index (χ0) is 28.0. The Morgan fingerprint density at radius 1 is 1.05 bits per heavy atom. The second kappa shape index (κ2) is 10.3. The maximum absolute atomic E-state index is 15.1. The third-order valence-corrected chi connectivity index (χ3v) is 7.50. The van der Waals surface area contributed by atoms with Gasteiger partial charge in [0.25, 0.3) is 0 Å². The average Bonchev–Trinajstić information content (AvgIpc) is 3.64. The molecule has 0 radical (unpaired) electrons. The Morgan fingerprint density at radius 2 is 1.88 bits per heavy atom. The second-order valence-corrected chi connectivity index (χ2v) is 10.0. The predicted octanol–water partition coefficient (Wildman–Crippen LogP) is 7.13. The minimum absolute atomic E-state index is 0.0333. The first-order valence-corrected chi connectivity index (χ1v) is 13.0. The number of methoxy groups -OCH3 is 1. The van der Waals surface area contributed by atoms with Crippen molar-refractivity contribution in [1.82, 2.24) is 5.16 Å². The van der Waals surface area contributed by atoms with Crippen molar-refractivity contribution in [3.8, 4) is 34.1 Å². The molecule has 1 aliphatic heterocycles. The van der Waals surface area contributed by atoms with Gasteiger partial charge in [0.05, 0.1) is 25.8 Å². The van der Waals surface area contributed by atoms with E-state index in [0.717, 1.165) is 11.1 Å². The molecule has 3 aromatic carbocycles. The van der Waals surface area contributed by atoms with Crippen LogP contribution >= 0.6 is 0 Å². The van der Waals surface area contributed by atoms with Gasteiger partial charge < -0.3 is 23.5 Å². The lowest BCUT2D eigenvalue weighted by atomic mass is 9.98. The highest BCUT2D eigenvalue weighted by atomic mass is 19.1. The van der Waals surface area contributed by atoms with Crippen molar-refractivity contribution in [2.75, 3.05) is 13.7 Å². The van der Waals surface area contributed by atoms with Gasteiger partial charge in [0.1, 0.15) is 34.9 Å². The lowest BCUT2D eigenvalue weighted by Gasteiger charge is -2.17. The van der Waals surface area contributed by atoms with Crippen molar-refractivity contribution in [3.63, 3.8) is 0 Å². The standard InChI is InChI=1S/C31H27F2NO6/c1-16-30(17(2)40-34-16)18-4-9-26(24(33)12-18)39-25-11-8-23(32)31-22(25)7-10-27(31)38-20-5-6-21-19(13-29(35)36-3)15-37-28(21)14-20/h4-6,8-9,11-12,14,19,27H,7,10,13,15H2,1-3H3/t19?,27-/m1/s1. The zero-order valence-electron chi connectivity index (χ0n) is 22.3. The van der Waals surface area contributed by atoms with Gasteiger partial charge in [0.15, 0.2) is 11.6 Å². The van der Waals surface area contributed by atoms with E-state index in [4.69, 9.17) is 23.5 Å². The normalized spacial score (nSPS) is 17.2. The fraction of sp³-hybridized carbons (Fsp3) is 0.290. The van der Waals surface area contributed by atoms with Gasteiger partial charge in [-0.3, -0.25) is 4.79 Å². The fourth-order valence-electron chi connectivity index (χ4n) is 5.56. The molecule has 1 aromatic heterocycles. The van der Waals surface area contributed by atoms with Crippen molar-refractivity contribution in [2.45, 2.75) is 45.1 Å². The Balaban J connectivity index is 1.22. The van der Waals surface area contributed by atoms with Gasteiger partial charge in [-0.2, -0.15) is 0 Å². The summed E-state index contributed by atoms with van der Waals surface area (Å²) in [6, 6.07) is 12.9. The Bertz CT molecular complexity index is 1590. The third-order valence-electron chi connectivity index (χ3n) is 7.50. The highest BCUT2D eigenvalue weighted by Crippen LogP contribution is 2.45. The zero-order valence-corrected chi connectivity index (χ0v) is 22.3. The molecule has 2 aliphatic rings. The van der Waals surface area contributed by atoms with Crippen LogP contribution in [0.1, 0.15) is 53.0 Å². The van der Waals surface area contributed by atoms with E-state index in [1.54, 1.807) is 38.1 Å². The first kappa shape index (κ1) is 25.9. The number of ether oxygens (including phenoxy) is 4. The molecule has 0 saturated carbocycles. The topological polar surface area (TPSA) is 80.0 Å². The molecule has 2 heterocycles. The van der Waals surface area contributed by atoms with E-state index in [9.17, 15) is 4.79 Å². The highest BCUT2D eigenvalue weighted by Gasteiger charge is 2.32. The van der Waals surface area contributed by atoms with Gasteiger partial charge in [0.2, 0.25) is 0 Å². The first-order chi connectivity index (χ1) is 19.3. The molecule has 1 aliphatic carbocycles. The molecule has 9 heteroatoms. The number of nitrogens with zero attached hydrogens (tertiary/aromatic N) is 1. The van der Waals surface area contributed by atoms with Crippen LogP contribution in [0.2, 0.25) is 0 Å². The number of hydrogen-bond acceptors (Lipinski definition) is 7. The summed E-state index contributed by atoms with van der Waals surface area (Å²) in [6.07, 6.45) is 0.726. The van der Waals surface area contributed by atoms with E-state index in [1.807, 2.05) is 6.07 Å². The quantitative estimate of drug-likeness (QED) is 0.228. The van der Waals surface area contributed by atoms with Crippen molar-refractivity contribution in [2.24, 2.45) is 0 Å². The van der Waals surface area contributed by atoms with Gasteiger partial charge in [-0.1, -0.05) is 17.3 Å². The molecule has 0 N–H and O–H groups in total. The Kier molecular flexibility index (Phi) is 6.65. The summed E-state index contributed by atoms with van der Waals surface area (Å²) < 4.78 is 58.1. The van der Waals surface area contributed by atoms with E-state index >= 15 is 8.78 Å². The monoisotopic (exact) mass is 547 g/mol. The van der Waals surface area contributed by atoms with E-state index in [1.165, 1.54) is 25.3 Å². The molecule has 40 heavy (non-hydrogen) atoms. The van der Waals surface area contributed by atoms with Gasteiger partial charge in [-0.25, -0.2) is 8.78 Å². The summed E-state index contributed by atoms with van der Waals surface area (Å²) in [5.41, 5.74) is 4.00. The molecule has 0 spiro atoms. The summed E-state index contributed by atoms with van der Waals surface area (Å²) in [5.74, 6) is 0.845. The van der Waals surface area contributed by atoms with Crippen LogP contribution < -0.4 is 14.2 Å². The number of carbonyl (C=O) groups excluding carboxylic acids is 1. The number of aromatic nitrogens is 1. The number of fused-ring (bicyclic) bond motifs is 2. The maximum Gasteiger partial charge on any atom is 0.306 e. The molecule has 0 bridgehead atoms. The minimum atomic E-state index is -0.551. The van der Waals surface area contributed by atoms with Crippen LogP contribution in [-0.4, -0.2) is 24.8 Å². The Labute approximate surface area is 229 Å². The van der Waals surface area contributed by atoms with Crippen molar-refractivity contribution in [1.29, 1.82) is 0 Å². The summed E-state index contributed by atoms with van der Waals surface area (Å²) in [5, 5.41) is 3.93. The SMILES string of the molecule is COC(=O)CC1COc2cc(O[C@@H]3CCc4c(Oc5ccc(-c6c(C)noc6C)cc5F)ccc(F)c43)ccc21. The Morgan fingerprint density at radius 3 is 2.62 bits per heavy atom. The molecule has 206 valence electrons. The number of benzene rings is 3. The number of esters is 1. The molecule has 4 aromatic rings. The van der Waals surface area contributed by atoms with Gasteiger partial charge in [-0.15, -0.1) is 0 Å². The predicted molar refractivity (Wildman–Crippen MR) is 141 cm³/mol. The summed E-state index contributed by atoms with van der Waals surface area (Å²) in [4.78, 5) is 11.7. The van der Waals surface area contributed by atoms with E-state index < -0.39 is 17.7 Å². The Hall–Kier alpha value is -4.40. The number of hydrogen-bond donors (Lipinski definition) is 0. The summed E-state index contributed by atoms with van der Waals surface area (Å²) >= 11 is 0. The highest BCUT2D eigenvalue weighted by molar-refractivity contribution is 5.71. The molecule has 0 saturated heterocycles. The molecule has 7 nitrogen and oxygen atoms in total. The van der Waals surface area contributed by atoms with E-state index in [0.29, 0.717) is 64.8 Å². The summed E-state index contributed by atoms with van der Waals surface area (Å²) in [6.45, 7) is 3.95.